The van der Waals surface area contributed by atoms with E-state index in [2.05, 4.69) is 54.4 Å². The number of H-pyrrole nitrogens is 1. The van der Waals surface area contributed by atoms with Crippen LogP contribution in [0.4, 0.5) is 0 Å². The maximum atomic E-state index is 5.94. The van der Waals surface area contributed by atoms with Gasteiger partial charge in [0.05, 0.1) is 18.5 Å². The molecule has 1 aromatic carbocycles. The topological polar surface area (TPSA) is 84.8 Å². The highest BCUT2D eigenvalue weighted by Crippen LogP contribution is 2.24. The smallest absolute Gasteiger partial charge is 0.269 e. The maximum absolute atomic E-state index is 5.94. The first-order valence-electron chi connectivity index (χ1n) is 10.0. The normalized spacial score (nSPS) is 17.3. The number of aromatic nitrogens is 6. The van der Waals surface area contributed by atoms with Crippen molar-refractivity contribution in [3.63, 3.8) is 0 Å². The van der Waals surface area contributed by atoms with Crippen molar-refractivity contribution in [2.45, 2.75) is 19.6 Å². The number of aryl methyl sites for hydroxylation is 1. The van der Waals surface area contributed by atoms with E-state index in [1.54, 1.807) is 4.68 Å². The molecule has 1 aliphatic rings. The molecule has 1 saturated heterocycles. The van der Waals surface area contributed by atoms with Crippen LogP contribution in [0.25, 0.3) is 17.1 Å². The van der Waals surface area contributed by atoms with Crippen LogP contribution in [0.5, 0.6) is 0 Å². The van der Waals surface area contributed by atoms with Crippen molar-refractivity contribution in [3.05, 3.63) is 78.1 Å². The lowest BCUT2D eigenvalue weighted by atomic mass is 10.1. The van der Waals surface area contributed by atoms with E-state index in [9.17, 15) is 0 Å². The Hall–Kier alpha value is -3.36. The lowest BCUT2D eigenvalue weighted by Gasteiger charge is -2.32. The number of aromatic amines is 1. The predicted molar refractivity (Wildman–Crippen MR) is 112 cm³/mol. The van der Waals surface area contributed by atoms with Crippen LogP contribution in [-0.4, -0.2) is 54.5 Å². The number of ether oxygens (including phenoxy) is 1. The van der Waals surface area contributed by atoms with E-state index >= 15 is 0 Å². The molecule has 0 radical (unpaired) electrons. The highest BCUT2D eigenvalue weighted by Gasteiger charge is 2.23. The molecule has 1 aliphatic heterocycles. The van der Waals surface area contributed by atoms with Crippen molar-refractivity contribution in [1.82, 2.24) is 34.8 Å². The summed E-state index contributed by atoms with van der Waals surface area (Å²) in [5, 5.41) is 11.4. The van der Waals surface area contributed by atoms with Gasteiger partial charge in [-0.2, -0.15) is 10.1 Å². The Bertz CT molecular complexity index is 1120. The zero-order valence-electron chi connectivity index (χ0n) is 16.8. The summed E-state index contributed by atoms with van der Waals surface area (Å²) >= 11 is 0. The van der Waals surface area contributed by atoms with Gasteiger partial charge in [-0.25, -0.2) is 4.68 Å². The van der Waals surface area contributed by atoms with Gasteiger partial charge in [0.15, 0.2) is 0 Å². The Morgan fingerprint density at radius 1 is 1.17 bits per heavy atom. The molecule has 4 heterocycles. The minimum Gasteiger partial charge on any atom is -0.369 e. The number of rotatable bonds is 5. The number of hydrogen-bond acceptors (Lipinski definition) is 6. The van der Waals surface area contributed by atoms with Crippen LogP contribution >= 0.6 is 0 Å². The quantitative estimate of drug-likeness (QED) is 0.553. The molecule has 0 amide bonds. The molecule has 1 unspecified atom stereocenters. The maximum Gasteiger partial charge on any atom is 0.269 e. The van der Waals surface area contributed by atoms with E-state index in [1.807, 2.05) is 43.7 Å². The fourth-order valence-corrected chi connectivity index (χ4v) is 3.71. The number of nitrogens with one attached hydrogen (secondary N) is 1. The fraction of sp³-hybridized carbons (Fsp3) is 0.273. The highest BCUT2D eigenvalue weighted by atomic mass is 16.5. The largest absolute Gasteiger partial charge is 0.369 e. The first-order valence-corrected chi connectivity index (χ1v) is 10.0. The summed E-state index contributed by atoms with van der Waals surface area (Å²) in [6.07, 6.45) is 5.64. The Morgan fingerprint density at radius 3 is 2.97 bits per heavy atom. The SMILES string of the molecule is Cc1nc(-n2cc(-c3cccc(CN4CCOC(c5ccccn5)C4)c3)cn2)n[nH]1. The molecule has 0 aliphatic carbocycles. The van der Waals surface area contributed by atoms with Crippen LogP contribution < -0.4 is 0 Å². The van der Waals surface area contributed by atoms with Gasteiger partial charge in [-0.05, 0) is 36.2 Å². The van der Waals surface area contributed by atoms with Gasteiger partial charge in [-0.15, -0.1) is 5.10 Å². The molecule has 5 rings (SSSR count). The van der Waals surface area contributed by atoms with Crippen LogP contribution in [0.3, 0.4) is 0 Å². The van der Waals surface area contributed by atoms with Crippen molar-refractivity contribution in [2.75, 3.05) is 19.7 Å². The van der Waals surface area contributed by atoms with E-state index in [1.165, 1.54) is 5.56 Å². The molecule has 1 N–H and O–H groups in total. The van der Waals surface area contributed by atoms with Gasteiger partial charge in [0.2, 0.25) is 0 Å². The van der Waals surface area contributed by atoms with Crippen LogP contribution in [0.2, 0.25) is 0 Å². The van der Waals surface area contributed by atoms with Crippen LogP contribution in [-0.2, 0) is 11.3 Å². The van der Waals surface area contributed by atoms with Gasteiger partial charge < -0.3 is 4.74 Å². The second-order valence-corrected chi connectivity index (χ2v) is 7.44. The monoisotopic (exact) mass is 401 g/mol. The molecule has 1 atom stereocenters. The van der Waals surface area contributed by atoms with E-state index in [-0.39, 0.29) is 6.10 Å². The summed E-state index contributed by atoms with van der Waals surface area (Å²) in [6.45, 7) is 5.20. The molecule has 152 valence electrons. The molecule has 30 heavy (non-hydrogen) atoms. The van der Waals surface area contributed by atoms with E-state index in [0.717, 1.165) is 42.3 Å². The van der Waals surface area contributed by atoms with Crippen LogP contribution in [0, 0.1) is 6.92 Å². The molecule has 0 spiro atoms. The number of nitrogens with zero attached hydrogens (tertiary/aromatic N) is 6. The Kier molecular flexibility index (Phi) is 5.08. The number of hydrogen-bond donors (Lipinski definition) is 1. The Balaban J connectivity index is 1.30. The minimum atomic E-state index is 0.0196. The van der Waals surface area contributed by atoms with Gasteiger partial charge >= 0.3 is 0 Å². The Morgan fingerprint density at radius 2 is 2.13 bits per heavy atom. The summed E-state index contributed by atoms with van der Waals surface area (Å²) in [5.41, 5.74) is 4.41. The summed E-state index contributed by atoms with van der Waals surface area (Å²) < 4.78 is 7.63. The number of benzene rings is 1. The average molecular weight is 401 g/mol. The summed E-state index contributed by atoms with van der Waals surface area (Å²) in [5.74, 6) is 1.31. The minimum absolute atomic E-state index is 0.0196. The third kappa shape index (κ3) is 4.00. The highest BCUT2D eigenvalue weighted by molar-refractivity contribution is 5.62. The average Bonchev–Trinajstić information content (AvgIpc) is 3.44. The second kappa shape index (κ2) is 8.17. The number of morpholine rings is 1. The van der Waals surface area contributed by atoms with Gasteiger partial charge in [-0.1, -0.05) is 24.3 Å². The fourth-order valence-electron chi connectivity index (χ4n) is 3.71. The first kappa shape index (κ1) is 18.7. The van der Waals surface area contributed by atoms with E-state index in [0.29, 0.717) is 12.6 Å². The third-order valence-electron chi connectivity index (χ3n) is 5.21. The summed E-state index contributed by atoms with van der Waals surface area (Å²) in [7, 11) is 0. The van der Waals surface area contributed by atoms with Crippen molar-refractivity contribution >= 4 is 0 Å². The number of pyridine rings is 1. The molecule has 0 bridgehead atoms. The lowest BCUT2D eigenvalue weighted by Crippen LogP contribution is -2.38. The summed E-state index contributed by atoms with van der Waals surface area (Å²) in [4.78, 5) is 11.2. The van der Waals surface area contributed by atoms with Crippen molar-refractivity contribution in [2.24, 2.45) is 0 Å². The molecule has 1 fully saturated rings. The van der Waals surface area contributed by atoms with E-state index in [4.69, 9.17) is 4.74 Å². The molecule has 0 saturated carbocycles. The second-order valence-electron chi connectivity index (χ2n) is 7.44. The van der Waals surface area contributed by atoms with Gasteiger partial charge in [-0.3, -0.25) is 15.0 Å². The Labute approximate surface area is 174 Å². The molecular weight excluding hydrogens is 378 g/mol. The van der Waals surface area contributed by atoms with Gasteiger partial charge in [0, 0.05) is 37.6 Å². The molecule has 4 aromatic rings. The van der Waals surface area contributed by atoms with Crippen LogP contribution in [0.1, 0.15) is 23.2 Å². The third-order valence-corrected chi connectivity index (χ3v) is 5.21. The van der Waals surface area contributed by atoms with Crippen molar-refractivity contribution in [3.8, 4) is 17.1 Å². The van der Waals surface area contributed by atoms with Crippen molar-refractivity contribution < 1.29 is 4.74 Å². The predicted octanol–water partition coefficient (Wildman–Crippen LogP) is 2.93. The zero-order chi connectivity index (χ0) is 20.3. The molecule has 3 aromatic heterocycles. The van der Waals surface area contributed by atoms with E-state index < -0.39 is 0 Å². The van der Waals surface area contributed by atoms with Crippen LogP contribution in [0.15, 0.2) is 61.1 Å². The summed E-state index contributed by atoms with van der Waals surface area (Å²) in [6, 6.07) is 14.5. The van der Waals surface area contributed by atoms with Gasteiger partial charge in [0.1, 0.15) is 11.9 Å². The zero-order valence-corrected chi connectivity index (χ0v) is 16.8. The van der Waals surface area contributed by atoms with Gasteiger partial charge in [0.25, 0.3) is 5.95 Å². The lowest BCUT2D eigenvalue weighted by molar-refractivity contribution is -0.0349. The first-order chi connectivity index (χ1) is 14.7. The van der Waals surface area contributed by atoms with Crippen molar-refractivity contribution in [1.29, 1.82) is 0 Å². The molecular formula is C22H23N7O. The standard InChI is InChI=1S/C22H23N7O/c1-16-25-22(27-26-16)29-14-19(12-24-29)18-6-4-5-17(11-18)13-28-9-10-30-21(15-28)20-7-2-3-8-23-20/h2-8,11-12,14,21H,9-10,13,15H2,1H3,(H,25,26,27). The molecule has 8 heteroatoms. The molecule has 8 nitrogen and oxygen atoms in total.